The zero-order valence-electron chi connectivity index (χ0n) is 9.02. The highest BCUT2D eigenvalue weighted by Crippen LogP contribution is 2.29. The fourth-order valence-corrected chi connectivity index (χ4v) is 1.54. The van der Waals surface area contributed by atoms with Crippen LogP contribution < -0.4 is 0 Å². The van der Waals surface area contributed by atoms with Gasteiger partial charge in [-0.25, -0.2) is 0 Å². The summed E-state index contributed by atoms with van der Waals surface area (Å²) in [6.07, 6.45) is -2.13. The Labute approximate surface area is 98.4 Å². The van der Waals surface area contributed by atoms with Gasteiger partial charge < -0.3 is 0 Å². The Hall–Kier alpha value is -0.700. The zero-order valence-corrected chi connectivity index (χ0v) is 9.78. The van der Waals surface area contributed by atoms with Crippen molar-refractivity contribution in [1.82, 2.24) is 0 Å². The van der Waals surface area contributed by atoms with Crippen LogP contribution in [0.2, 0.25) is 0 Å². The minimum absolute atomic E-state index is 0.0366. The molecule has 0 spiro atoms. The molecule has 0 aliphatic heterocycles. The van der Waals surface area contributed by atoms with E-state index in [0.29, 0.717) is 18.4 Å². The molecular weight excluding hydrogens is 237 g/mol. The van der Waals surface area contributed by atoms with E-state index >= 15 is 0 Å². The molecule has 4 heteroatoms. The number of halogens is 4. The molecule has 0 nitrogen and oxygen atoms in total. The van der Waals surface area contributed by atoms with Crippen LogP contribution in [0.5, 0.6) is 0 Å². The maximum Gasteiger partial charge on any atom is 0.416 e. The summed E-state index contributed by atoms with van der Waals surface area (Å²) >= 11 is 5.92. The molecular formula is C12H14ClF3. The van der Waals surface area contributed by atoms with Gasteiger partial charge in [0.25, 0.3) is 0 Å². The van der Waals surface area contributed by atoms with E-state index in [4.69, 9.17) is 11.6 Å². The van der Waals surface area contributed by atoms with Gasteiger partial charge in [-0.15, -0.1) is 11.6 Å². The number of alkyl halides is 4. The summed E-state index contributed by atoms with van der Waals surface area (Å²) in [6, 6.07) is 5.42. The Bertz CT molecular complexity index is 333. The van der Waals surface area contributed by atoms with Crippen molar-refractivity contribution in [2.75, 3.05) is 0 Å². The summed E-state index contributed by atoms with van der Waals surface area (Å²) in [5.41, 5.74) is 0.0987. The number of aryl methyl sites for hydroxylation is 1. The molecule has 1 rings (SSSR count). The molecule has 16 heavy (non-hydrogen) atoms. The Morgan fingerprint density at radius 1 is 1.31 bits per heavy atom. The highest BCUT2D eigenvalue weighted by atomic mass is 35.5. The fraction of sp³-hybridized carbons (Fsp3) is 0.500. The maximum absolute atomic E-state index is 12.4. The van der Waals surface area contributed by atoms with Crippen molar-refractivity contribution in [2.24, 2.45) is 0 Å². The molecule has 0 radical (unpaired) electrons. The lowest BCUT2D eigenvalue weighted by Crippen LogP contribution is -2.06. The predicted molar refractivity (Wildman–Crippen MR) is 59.7 cm³/mol. The molecule has 90 valence electrons. The molecule has 0 amide bonds. The highest BCUT2D eigenvalue weighted by Gasteiger charge is 2.30. The summed E-state index contributed by atoms with van der Waals surface area (Å²) < 4.78 is 37.2. The van der Waals surface area contributed by atoms with Crippen molar-refractivity contribution < 1.29 is 13.2 Å². The Morgan fingerprint density at radius 3 is 2.56 bits per heavy atom. The van der Waals surface area contributed by atoms with Gasteiger partial charge in [-0.1, -0.05) is 25.1 Å². The first-order valence-corrected chi connectivity index (χ1v) is 5.67. The third-order valence-electron chi connectivity index (χ3n) is 2.44. The zero-order chi connectivity index (χ0) is 12.2. The number of hydrogen-bond donors (Lipinski definition) is 0. The second-order valence-electron chi connectivity index (χ2n) is 3.74. The molecule has 1 unspecified atom stereocenters. The van der Waals surface area contributed by atoms with Crippen molar-refractivity contribution >= 4 is 11.6 Å². The summed E-state index contributed by atoms with van der Waals surface area (Å²) in [7, 11) is 0. The third-order valence-corrected chi connectivity index (χ3v) is 2.97. The van der Waals surface area contributed by atoms with Crippen LogP contribution in [0.15, 0.2) is 24.3 Å². The lowest BCUT2D eigenvalue weighted by molar-refractivity contribution is -0.137. The summed E-state index contributed by atoms with van der Waals surface area (Å²) in [5.74, 6) is 0. The molecule has 0 N–H and O–H groups in total. The van der Waals surface area contributed by atoms with Crippen molar-refractivity contribution in [3.8, 4) is 0 Å². The van der Waals surface area contributed by atoms with Gasteiger partial charge in [-0.3, -0.25) is 0 Å². The molecule has 0 saturated carbocycles. The number of rotatable bonds is 4. The average Bonchev–Trinajstić information content (AvgIpc) is 2.25. The first-order valence-electron chi connectivity index (χ1n) is 5.23. The van der Waals surface area contributed by atoms with Gasteiger partial charge in [0, 0.05) is 5.38 Å². The lowest BCUT2D eigenvalue weighted by atomic mass is 10.0. The van der Waals surface area contributed by atoms with Crippen LogP contribution in [0.3, 0.4) is 0 Å². The quantitative estimate of drug-likeness (QED) is 0.682. The minimum atomic E-state index is -4.26. The molecule has 0 aliphatic rings. The summed E-state index contributed by atoms with van der Waals surface area (Å²) in [6.45, 7) is 1.96. The van der Waals surface area contributed by atoms with Crippen molar-refractivity contribution in [3.63, 3.8) is 0 Å². The molecule has 1 aromatic carbocycles. The molecule has 0 bridgehead atoms. The van der Waals surface area contributed by atoms with Crippen LogP contribution >= 0.6 is 11.6 Å². The largest absolute Gasteiger partial charge is 0.416 e. The first-order chi connectivity index (χ1) is 7.43. The molecule has 0 heterocycles. The van der Waals surface area contributed by atoms with E-state index in [1.165, 1.54) is 12.1 Å². The topological polar surface area (TPSA) is 0 Å². The summed E-state index contributed by atoms with van der Waals surface area (Å²) in [5, 5.41) is 0.0366. The standard InChI is InChI=1S/C12H14ClF3/c1-2-11(13)7-6-9-4-3-5-10(8-9)12(14,15)16/h3-5,8,11H,2,6-7H2,1H3. The smallest absolute Gasteiger partial charge is 0.166 e. The van der Waals surface area contributed by atoms with E-state index in [2.05, 4.69) is 0 Å². The van der Waals surface area contributed by atoms with Crippen LogP contribution in [0, 0.1) is 0 Å². The molecule has 1 atom stereocenters. The normalized spacial score (nSPS) is 13.8. The average molecular weight is 251 g/mol. The predicted octanol–water partition coefficient (Wildman–Crippen LogP) is 4.66. The third kappa shape index (κ3) is 4.05. The Kier molecular flexibility index (Phi) is 4.66. The minimum Gasteiger partial charge on any atom is -0.166 e. The monoisotopic (exact) mass is 250 g/mol. The van der Waals surface area contributed by atoms with Crippen molar-refractivity contribution in [3.05, 3.63) is 35.4 Å². The molecule has 0 aliphatic carbocycles. The van der Waals surface area contributed by atoms with Gasteiger partial charge in [-0.2, -0.15) is 13.2 Å². The van der Waals surface area contributed by atoms with E-state index in [1.54, 1.807) is 6.07 Å². The second kappa shape index (κ2) is 5.58. The van der Waals surface area contributed by atoms with Gasteiger partial charge in [0.15, 0.2) is 0 Å². The van der Waals surface area contributed by atoms with Gasteiger partial charge in [0.2, 0.25) is 0 Å². The highest BCUT2D eigenvalue weighted by molar-refractivity contribution is 6.20. The lowest BCUT2D eigenvalue weighted by Gasteiger charge is -2.10. The van der Waals surface area contributed by atoms with E-state index in [0.717, 1.165) is 12.5 Å². The fourth-order valence-electron chi connectivity index (χ4n) is 1.43. The van der Waals surface area contributed by atoms with E-state index in [-0.39, 0.29) is 5.38 Å². The van der Waals surface area contributed by atoms with E-state index in [1.807, 2.05) is 6.92 Å². The van der Waals surface area contributed by atoms with Gasteiger partial charge in [-0.05, 0) is 30.9 Å². The Morgan fingerprint density at radius 2 is 2.00 bits per heavy atom. The molecule has 0 fully saturated rings. The van der Waals surface area contributed by atoms with E-state index < -0.39 is 11.7 Å². The van der Waals surface area contributed by atoms with Crippen LogP contribution in [0.1, 0.15) is 30.9 Å². The Balaban J connectivity index is 2.68. The molecule has 0 aromatic heterocycles. The SMILES string of the molecule is CCC(Cl)CCc1cccc(C(F)(F)F)c1. The molecule has 1 aromatic rings. The van der Waals surface area contributed by atoms with Gasteiger partial charge >= 0.3 is 6.18 Å². The van der Waals surface area contributed by atoms with E-state index in [9.17, 15) is 13.2 Å². The van der Waals surface area contributed by atoms with Crippen LogP contribution in [0.25, 0.3) is 0 Å². The van der Waals surface area contributed by atoms with Crippen molar-refractivity contribution in [1.29, 1.82) is 0 Å². The number of benzene rings is 1. The van der Waals surface area contributed by atoms with Crippen molar-refractivity contribution in [2.45, 2.75) is 37.7 Å². The van der Waals surface area contributed by atoms with Crippen LogP contribution in [-0.4, -0.2) is 5.38 Å². The molecule has 0 saturated heterocycles. The second-order valence-corrected chi connectivity index (χ2v) is 4.36. The van der Waals surface area contributed by atoms with Crippen LogP contribution in [-0.2, 0) is 12.6 Å². The van der Waals surface area contributed by atoms with Gasteiger partial charge in [0.1, 0.15) is 0 Å². The van der Waals surface area contributed by atoms with Gasteiger partial charge in [0.05, 0.1) is 5.56 Å². The van der Waals surface area contributed by atoms with Crippen LogP contribution in [0.4, 0.5) is 13.2 Å². The maximum atomic E-state index is 12.4. The summed E-state index contributed by atoms with van der Waals surface area (Å²) in [4.78, 5) is 0. The first kappa shape index (κ1) is 13.4. The number of hydrogen-bond acceptors (Lipinski definition) is 0.